The first-order valence-electron chi connectivity index (χ1n) is 4.27. The Morgan fingerprint density at radius 1 is 1.36 bits per heavy atom. The Hall–Kier alpha value is -1.68. The van der Waals surface area contributed by atoms with Crippen LogP contribution in [0, 0.1) is 0 Å². The summed E-state index contributed by atoms with van der Waals surface area (Å²) in [5.74, 6) is -0.0635. The van der Waals surface area contributed by atoms with Crippen molar-refractivity contribution in [1.82, 2.24) is 0 Å². The third-order valence-electron chi connectivity index (χ3n) is 1.76. The van der Waals surface area contributed by atoms with Gasteiger partial charge in [0.25, 0.3) is 0 Å². The molecule has 74 valence electrons. The minimum atomic E-state index is -0.301. The van der Waals surface area contributed by atoms with Crippen molar-refractivity contribution in [3.8, 4) is 0 Å². The molecule has 0 atom stereocenters. The van der Waals surface area contributed by atoms with Crippen LogP contribution < -0.4 is 11.5 Å². The van der Waals surface area contributed by atoms with E-state index in [9.17, 15) is 4.79 Å². The van der Waals surface area contributed by atoms with E-state index < -0.39 is 0 Å². The molecule has 0 saturated carbocycles. The van der Waals surface area contributed by atoms with E-state index in [1.165, 1.54) is 6.92 Å². The molecule has 0 heterocycles. The van der Waals surface area contributed by atoms with Gasteiger partial charge < -0.3 is 11.5 Å². The van der Waals surface area contributed by atoms with E-state index in [0.29, 0.717) is 6.54 Å². The van der Waals surface area contributed by atoms with Crippen LogP contribution in [-0.4, -0.2) is 11.7 Å². The van der Waals surface area contributed by atoms with E-state index >= 15 is 0 Å². The van der Waals surface area contributed by atoms with Gasteiger partial charge in [-0.2, -0.15) is 4.99 Å². The standard InChI is InChI=1S/C10H13N3O/c1-7(14)13-10(12)9-4-2-8(6-11)3-5-9/h2-5H,6,11H2,1H3,(H2,12,13,14). The summed E-state index contributed by atoms with van der Waals surface area (Å²) in [4.78, 5) is 14.3. The highest BCUT2D eigenvalue weighted by Gasteiger charge is 1.99. The summed E-state index contributed by atoms with van der Waals surface area (Å²) in [6, 6.07) is 7.31. The third-order valence-corrected chi connectivity index (χ3v) is 1.76. The van der Waals surface area contributed by atoms with Crippen molar-refractivity contribution in [3.05, 3.63) is 35.4 Å². The first-order chi connectivity index (χ1) is 6.63. The molecule has 0 aliphatic carbocycles. The van der Waals surface area contributed by atoms with Crippen LogP contribution in [-0.2, 0) is 11.3 Å². The highest BCUT2D eigenvalue weighted by Crippen LogP contribution is 2.03. The van der Waals surface area contributed by atoms with Crippen molar-refractivity contribution in [2.24, 2.45) is 16.5 Å². The molecule has 0 aromatic heterocycles. The number of hydrogen-bond acceptors (Lipinski definition) is 2. The van der Waals surface area contributed by atoms with Gasteiger partial charge in [0.2, 0.25) is 5.91 Å². The first kappa shape index (κ1) is 10.4. The zero-order valence-corrected chi connectivity index (χ0v) is 8.03. The third kappa shape index (κ3) is 2.67. The molecular weight excluding hydrogens is 178 g/mol. The second kappa shape index (κ2) is 4.53. The molecule has 4 N–H and O–H groups in total. The van der Waals surface area contributed by atoms with Gasteiger partial charge in [0.1, 0.15) is 5.84 Å². The van der Waals surface area contributed by atoms with Gasteiger partial charge in [-0.1, -0.05) is 24.3 Å². The maximum Gasteiger partial charge on any atom is 0.244 e. The Morgan fingerprint density at radius 2 is 1.93 bits per heavy atom. The van der Waals surface area contributed by atoms with Crippen LogP contribution in [0.2, 0.25) is 0 Å². The van der Waals surface area contributed by atoms with Crippen molar-refractivity contribution in [2.45, 2.75) is 13.5 Å². The second-order valence-corrected chi connectivity index (χ2v) is 2.92. The summed E-state index contributed by atoms with van der Waals surface area (Å²) < 4.78 is 0. The van der Waals surface area contributed by atoms with Crippen LogP contribution in [0.5, 0.6) is 0 Å². The smallest absolute Gasteiger partial charge is 0.244 e. The van der Waals surface area contributed by atoms with E-state index in [4.69, 9.17) is 11.5 Å². The van der Waals surface area contributed by atoms with E-state index in [-0.39, 0.29) is 11.7 Å². The maximum absolute atomic E-state index is 10.7. The summed E-state index contributed by atoms with van der Waals surface area (Å²) in [5, 5.41) is 0. The molecule has 1 amide bonds. The molecule has 0 spiro atoms. The normalized spacial score (nSPS) is 11.4. The number of benzene rings is 1. The van der Waals surface area contributed by atoms with Crippen molar-refractivity contribution >= 4 is 11.7 Å². The van der Waals surface area contributed by atoms with Gasteiger partial charge in [-0.15, -0.1) is 0 Å². The molecule has 0 bridgehead atoms. The molecule has 4 heteroatoms. The fourth-order valence-corrected chi connectivity index (χ4v) is 1.05. The van der Waals surface area contributed by atoms with E-state index in [2.05, 4.69) is 4.99 Å². The van der Waals surface area contributed by atoms with E-state index in [0.717, 1.165) is 11.1 Å². The van der Waals surface area contributed by atoms with Crippen molar-refractivity contribution in [1.29, 1.82) is 0 Å². The summed E-state index contributed by atoms with van der Waals surface area (Å²) in [5.41, 5.74) is 12.8. The minimum absolute atomic E-state index is 0.237. The van der Waals surface area contributed by atoms with Crippen molar-refractivity contribution in [3.63, 3.8) is 0 Å². The highest BCUT2D eigenvalue weighted by atomic mass is 16.1. The SMILES string of the molecule is CC(=O)N=C(N)c1ccc(CN)cc1. The lowest BCUT2D eigenvalue weighted by atomic mass is 10.1. The molecule has 1 aromatic carbocycles. The van der Waals surface area contributed by atoms with Crippen molar-refractivity contribution in [2.75, 3.05) is 0 Å². The predicted octanol–water partition coefficient (Wildman–Crippen LogP) is 0.397. The minimum Gasteiger partial charge on any atom is -0.383 e. The molecule has 14 heavy (non-hydrogen) atoms. The summed E-state index contributed by atoms with van der Waals surface area (Å²) in [6.45, 7) is 1.85. The molecule has 4 nitrogen and oxygen atoms in total. The number of carbonyl (C=O) groups excluding carboxylic acids is 1. The molecule has 0 saturated heterocycles. The molecular formula is C10H13N3O. The quantitative estimate of drug-likeness (QED) is 0.524. The number of nitrogens with two attached hydrogens (primary N) is 2. The van der Waals surface area contributed by atoms with Gasteiger partial charge in [0.15, 0.2) is 0 Å². The number of rotatable bonds is 2. The summed E-state index contributed by atoms with van der Waals surface area (Å²) in [7, 11) is 0. The Morgan fingerprint density at radius 3 is 2.36 bits per heavy atom. The molecule has 0 radical (unpaired) electrons. The fourth-order valence-electron chi connectivity index (χ4n) is 1.05. The fraction of sp³-hybridized carbons (Fsp3) is 0.200. The molecule has 1 aromatic rings. The van der Waals surface area contributed by atoms with Crippen LogP contribution in [0.1, 0.15) is 18.1 Å². The largest absolute Gasteiger partial charge is 0.383 e. The zero-order valence-electron chi connectivity index (χ0n) is 8.03. The van der Waals surface area contributed by atoms with Gasteiger partial charge in [0, 0.05) is 19.0 Å². The lowest BCUT2D eigenvalue weighted by Gasteiger charge is -2.00. The topological polar surface area (TPSA) is 81.5 Å². The molecule has 0 aliphatic rings. The first-order valence-corrected chi connectivity index (χ1v) is 4.27. The van der Waals surface area contributed by atoms with Crippen LogP contribution in [0.15, 0.2) is 29.3 Å². The lowest BCUT2D eigenvalue weighted by Crippen LogP contribution is -2.15. The van der Waals surface area contributed by atoms with E-state index in [1.807, 2.05) is 12.1 Å². The molecule has 0 unspecified atom stereocenters. The van der Waals surface area contributed by atoms with Gasteiger partial charge in [-0.3, -0.25) is 4.79 Å². The highest BCUT2D eigenvalue weighted by molar-refractivity contribution is 6.03. The Kier molecular flexibility index (Phi) is 3.36. The Bertz CT molecular complexity index is 354. The van der Waals surface area contributed by atoms with Crippen LogP contribution in [0.25, 0.3) is 0 Å². The maximum atomic E-state index is 10.7. The van der Waals surface area contributed by atoms with E-state index in [1.54, 1.807) is 12.1 Å². The van der Waals surface area contributed by atoms with Gasteiger partial charge in [-0.25, -0.2) is 0 Å². The number of hydrogen-bond donors (Lipinski definition) is 2. The monoisotopic (exact) mass is 191 g/mol. The summed E-state index contributed by atoms with van der Waals surface area (Å²) in [6.07, 6.45) is 0. The lowest BCUT2D eigenvalue weighted by molar-refractivity contribution is -0.115. The average Bonchev–Trinajstić information content (AvgIpc) is 2.17. The van der Waals surface area contributed by atoms with Crippen LogP contribution in [0.4, 0.5) is 0 Å². The Balaban J connectivity index is 2.92. The molecule has 0 aliphatic heterocycles. The van der Waals surface area contributed by atoms with Gasteiger partial charge in [0.05, 0.1) is 0 Å². The zero-order chi connectivity index (χ0) is 10.6. The van der Waals surface area contributed by atoms with Crippen LogP contribution >= 0.6 is 0 Å². The predicted molar refractivity (Wildman–Crippen MR) is 55.7 cm³/mol. The number of amides is 1. The number of nitrogens with zero attached hydrogens (tertiary/aromatic N) is 1. The number of carbonyl (C=O) groups is 1. The average molecular weight is 191 g/mol. The molecule has 1 rings (SSSR count). The molecule has 0 fully saturated rings. The van der Waals surface area contributed by atoms with Gasteiger partial charge >= 0.3 is 0 Å². The Labute approximate surface area is 82.6 Å². The van der Waals surface area contributed by atoms with Gasteiger partial charge in [-0.05, 0) is 5.56 Å². The van der Waals surface area contributed by atoms with Crippen molar-refractivity contribution < 1.29 is 4.79 Å². The second-order valence-electron chi connectivity index (χ2n) is 2.92. The summed E-state index contributed by atoms with van der Waals surface area (Å²) >= 11 is 0. The number of amidine groups is 1. The number of aliphatic imine (C=N–C) groups is 1. The van der Waals surface area contributed by atoms with Crippen LogP contribution in [0.3, 0.4) is 0 Å².